The van der Waals surface area contributed by atoms with E-state index in [1.54, 1.807) is 0 Å². The Bertz CT molecular complexity index is 3140. The van der Waals surface area contributed by atoms with Crippen LogP contribution >= 0.6 is 0 Å². The molecule has 0 amide bonds. The minimum Gasteiger partial charge on any atom is -0.332 e. The summed E-state index contributed by atoms with van der Waals surface area (Å²) in [4.78, 5) is 2.71. The summed E-state index contributed by atoms with van der Waals surface area (Å²) in [7, 11) is 0. The van der Waals surface area contributed by atoms with Crippen LogP contribution in [-0.2, 0) is 21.7 Å². The van der Waals surface area contributed by atoms with Crippen molar-refractivity contribution in [2.75, 3.05) is 4.90 Å². The molecule has 0 saturated carbocycles. The van der Waals surface area contributed by atoms with Crippen LogP contribution in [0.2, 0.25) is 0 Å². The lowest BCUT2D eigenvalue weighted by Crippen LogP contribution is -2.39. The molecular formula is C60H51N. The summed E-state index contributed by atoms with van der Waals surface area (Å²) in [5.41, 5.74) is 24.5. The Kier molecular flexibility index (Phi) is 7.36. The molecule has 61 heavy (non-hydrogen) atoms. The zero-order chi connectivity index (χ0) is 41.6. The number of fused-ring (bicyclic) bond motifs is 9. The largest absolute Gasteiger partial charge is 0.332 e. The van der Waals surface area contributed by atoms with E-state index in [4.69, 9.17) is 0 Å². The molecule has 2 unspecified atom stereocenters. The SMILES string of the molecule is CC(C)(C)c1ccc2c(c1)C13c4ccccc4-c4ccc(cc41)C(N(c1ccc4c(c1)C(C)(C)c1ccccc1-4)c1ccccc1-c1ccccc1)C(C)(C)c1ccc-2c3c1. The van der Waals surface area contributed by atoms with Gasteiger partial charge in [0.25, 0.3) is 0 Å². The lowest BCUT2D eigenvalue weighted by Gasteiger charge is -2.45. The van der Waals surface area contributed by atoms with Crippen molar-refractivity contribution in [3.8, 4) is 44.5 Å². The maximum atomic E-state index is 2.71. The molecule has 2 atom stereocenters. The van der Waals surface area contributed by atoms with Crippen LogP contribution in [0.1, 0.15) is 105 Å². The average molecular weight is 786 g/mol. The molecule has 0 heterocycles. The van der Waals surface area contributed by atoms with Gasteiger partial charge in [0.2, 0.25) is 0 Å². The molecule has 0 aromatic heterocycles. The Morgan fingerprint density at radius 3 is 1.70 bits per heavy atom. The van der Waals surface area contributed by atoms with E-state index in [0.29, 0.717) is 0 Å². The molecule has 4 aliphatic rings. The molecule has 1 nitrogen and oxygen atoms in total. The highest BCUT2D eigenvalue weighted by Gasteiger charge is 2.54. The first-order valence-electron chi connectivity index (χ1n) is 22.1. The quantitative estimate of drug-likeness (QED) is 0.172. The van der Waals surface area contributed by atoms with Gasteiger partial charge >= 0.3 is 0 Å². The highest BCUT2D eigenvalue weighted by Crippen LogP contribution is 2.65. The number of hydrogen-bond donors (Lipinski definition) is 0. The minimum atomic E-state index is -0.426. The molecule has 4 bridgehead atoms. The number of hydrogen-bond acceptors (Lipinski definition) is 1. The molecule has 12 rings (SSSR count). The molecule has 0 saturated heterocycles. The van der Waals surface area contributed by atoms with Crippen LogP contribution in [0, 0.1) is 0 Å². The van der Waals surface area contributed by atoms with Gasteiger partial charge in [-0.25, -0.2) is 0 Å². The number of para-hydroxylation sites is 1. The molecule has 8 aromatic carbocycles. The zero-order valence-electron chi connectivity index (χ0n) is 36.3. The van der Waals surface area contributed by atoms with Crippen LogP contribution in [0.15, 0.2) is 176 Å². The molecule has 0 aliphatic heterocycles. The van der Waals surface area contributed by atoms with Crippen molar-refractivity contribution in [3.63, 3.8) is 0 Å². The number of rotatable bonds is 4. The van der Waals surface area contributed by atoms with E-state index < -0.39 is 5.41 Å². The molecule has 296 valence electrons. The molecule has 1 spiro atoms. The molecule has 0 fully saturated rings. The fraction of sp³-hybridized carbons (Fsp3) is 0.200. The van der Waals surface area contributed by atoms with Gasteiger partial charge in [-0.2, -0.15) is 0 Å². The van der Waals surface area contributed by atoms with E-state index in [0.717, 1.165) is 0 Å². The van der Waals surface area contributed by atoms with Crippen LogP contribution < -0.4 is 4.90 Å². The molecule has 4 aliphatic carbocycles. The van der Waals surface area contributed by atoms with Crippen molar-refractivity contribution in [1.29, 1.82) is 0 Å². The van der Waals surface area contributed by atoms with Gasteiger partial charge in [0.05, 0.1) is 11.5 Å². The van der Waals surface area contributed by atoms with Crippen LogP contribution in [0.3, 0.4) is 0 Å². The van der Waals surface area contributed by atoms with Gasteiger partial charge in [0, 0.05) is 27.8 Å². The van der Waals surface area contributed by atoms with Crippen LogP contribution in [0.5, 0.6) is 0 Å². The van der Waals surface area contributed by atoms with E-state index in [9.17, 15) is 0 Å². The van der Waals surface area contributed by atoms with Crippen molar-refractivity contribution >= 4 is 11.4 Å². The predicted octanol–water partition coefficient (Wildman–Crippen LogP) is 15.5. The lowest BCUT2D eigenvalue weighted by atomic mass is 9.69. The Morgan fingerprint density at radius 2 is 0.967 bits per heavy atom. The predicted molar refractivity (Wildman–Crippen MR) is 255 cm³/mol. The van der Waals surface area contributed by atoms with Crippen molar-refractivity contribution in [2.45, 2.75) is 76.2 Å². The lowest BCUT2D eigenvalue weighted by molar-refractivity contribution is 0.415. The maximum Gasteiger partial charge on any atom is 0.0725 e. The Balaban J connectivity index is 1.18. The normalized spacial score (nSPS) is 18.9. The summed E-state index contributed by atoms with van der Waals surface area (Å²) in [5.74, 6) is 0. The maximum absolute atomic E-state index is 2.71. The Labute approximate surface area is 361 Å². The second kappa shape index (κ2) is 12.3. The summed E-state index contributed by atoms with van der Waals surface area (Å²) in [6.45, 7) is 16.8. The van der Waals surface area contributed by atoms with E-state index in [1.807, 2.05) is 0 Å². The number of anilines is 2. The fourth-order valence-electron chi connectivity index (χ4n) is 12.1. The van der Waals surface area contributed by atoms with Crippen LogP contribution in [-0.4, -0.2) is 0 Å². The summed E-state index contributed by atoms with van der Waals surface area (Å²) in [5, 5.41) is 0. The van der Waals surface area contributed by atoms with Gasteiger partial charge in [0.15, 0.2) is 0 Å². The van der Waals surface area contributed by atoms with Gasteiger partial charge in [-0.3, -0.25) is 0 Å². The Morgan fingerprint density at radius 1 is 0.426 bits per heavy atom. The molecule has 1 heteroatoms. The highest BCUT2D eigenvalue weighted by molar-refractivity contribution is 5.96. The van der Waals surface area contributed by atoms with E-state index in [1.165, 1.54) is 106 Å². The van der Waals surface area contributed by atoms with Crippen molar-refractivity contribution in [1.82, 2.24) is 0 Å². The standard InChI is InChI=1S/C60H51N/c1-57(2,3)39-26-30-47-48-31-27-40-35-54(48)60(53(47)34-39)50-23-15-12-21-44(50)46-29-25-38(33-52(46)60)56(58(40,4)5)61(55-24-16-13-19-42(55)37-17-9-8-10-18-37)41-28-32-45-43-20-11-14-22-49(43)59(6,7)51(45)36-41/h8-36,56H,1-7H3. The first-order chi connectivity index (χ1) is 29.4. The van der Waals surface area contributed by atoms with Gasteiger partial charge < -0.3 is 4.90 Å². The molecule has 8 aromatic rings. The summed E-state index contributed by atoms with van der Waals surface area (Å²) in [6, 6.07) is 68.0. The van der Waals surface area contributed by atoms with Crippen molar-refractivity contribution in [2.24, 2.45) is 0 Å². The average Bonchev–Trinajstić information content (AvgIpc) is 3.83. The topological polar surface area (TPSA) is 3.24 Å². The molecular weight excluding hydrogens is 735 g/mol. The Hall–Kier alpha value is -6.44. The van der Waals surface area contributed by atoms with Gasteiger partial charge in [-0.15, -0.1) is 0 Å². The van der Waals surface area contributed by atoms with Gasteiger partial charge in [-0.1, -0.05) is 206 Å². The fourth-order valence-corrected chi connectivity index (χ4v) is 12.1. The van der Waals surface area contributed by atoms with Crippen LogP contribution in [0.4, 0.5) is 11.4 Å². The van der Waals surface area contributed by atoms with E-state index in [-0.39, 0.29) is 22.3 Å². The van der Waals surface area contributed by atoms with Crippen molar-refractivity contribution < 1.29 is 0 Å². The number of nitrogens with zero attached hydrogens (tertiary/aromatic N) is 1. The number of benzene rings is 8. The second-order valence-electron chi connectivity index (χ2n) is 20.1. The highest BCUT2D eigenvalue weighted by atomic mass is 15.2. The van der Waals surface area contributed by atoms with E-state index in [2.05, 4.69) is 229 Å². The second-order valence-corrected chi connectivity index (χ2v) is 20.1. The van der Waals surface area contributed by atoms with E-state index >= 15 is 0 Å². The third-order valence-electron chi connectivity index (χ3n) is 15.2. The first-order valence-corrected chi connectivity index (χ1v) is 22.1. The third kappa shape index (κ3) is 4.78. The molecule has 0 N–H and O–H groups in total. The zero-order valence-corrected chi connectivity index (χ0v) is 36.3. The monoisotopic (exact) mass is 785 g/mol. The minimum absolute atomic E-state index is 0.0123. The molecule has 0 radical (unpaired) electrons. The summed E-state index contributed by atoms with van der Waals surface area (Å²) < 4.78 is 0. The summed E-state index contributed by atoms with van der Waals surface area (Å²) >= 11 is 0. The van der Waals surface area contributed by atoms with Crippen LogP contribution in [0.25, 0.3) is 44.5 Å². The first kappa shape index (κ1) is 36.4. The van der Waals surface area contributed by atoms with Crippen molar-refractivity contribution in [3.05, 3.63) is 226 Å². The van der Waals surface area contributed by atoms with Gasteiger partial charge in [-0.05, 0) is 113 Å². The third-order valence-corrected chi connectivity index (χ3v) is 15.2. The smallest absolute Gasteiger partial charge is 0.0725 e. The van der Waals surface area contributed by atoms with Gasteiger partial charge in [0.1, 0.15) is 0 Å². The summed E-state index contributed by atoms with van der Waals surface area (Å²) in [6.07, 6.45) is 0.